The third kappa shape index (κ3) is 5.43. The molecule has 1 aromatic heterocycles. The van der Waals surface area contributed by atoms with Gasteiger partial charge < -0.3 is 16.4 Å². The molecule has 0 spiro atoms. The van der Waals surface area contributed by atoms with Crippen LogP contribution in [0.4, 0.5) is 21.9 Å². The molecule has 1 aliphatic heterocycles. The summed E-state index contributed by atoms with van der Waals surface area (Å²) in [6.45, 7) is 7.31. The van der Waals surface area contributed by atoms with Gasteiger partial charge in [-0.1, -0.05) is 36.4 Å². The van der Waals surface area contributed by atoms with Crippen LogP contribution < -0.4 is 21.3 Å². The fourth-order valence-corrected chi connectivity index (χ4v) is 5.15. The van der Waals surface area contributed by atoms with Crippen molar-refractivity contribution in [2.75, 3.05) is 42.5 Å². The summed E-state index contributed by atoms with van der Waals surface area (Å²) in [5.41, 5.74) is 18.6. The first-order chi connectivity index (χ1) is 18.0. The van der Waals surface area contributed by atoms with Gasteiger partial charge in [-0.3, -0.25) is 14.8 Å². The molecule has 4 N–H and O–H groups in total. The number of benzene rings is 3. The van der Waals surface area contributed by atoms with Gasteiger partial charge in [-0.2, -0.15) is 0 Å². The summed E-state index contributed by atoms with van der Waals surface area (Å²) in [5, 5.41) is 1.22. The van der Waals surface area contributed by atoms with E-state index in [1.807, 2.05) is 43.3 Å². The minimum Gasteiger partial charge on any atom is -0.368 e. The van der Waals surface area contributed by atoms with Crippen LogP contribution in [0.5, 0.6) is 0 Å². The lowest BCUT2D eigenvalue weighted by molar-refractivity contribution is 0.256. The molecule has 0 radical (unpaired) electrons. The van der Waals surface area contributed by atoms with Crippen LogP contribution in [0.1, 0.15) is 16.8 Å². The summed E-state index contributed by atoms with van der Waals surface area (Å²) in [7, 11) is 0. The van der Waals surface area contributed by atoms with Crippen LogP contribution in [0, 0.1) is 6.92 Å². The van der Waals surface area contributed by atoms with Gasteiger partial charge in [-0.25, -0.2) is 4.79 Å². The van der Waals surface area contributed by atoms with E-state index in [2.05, 4.69) is 52.3 Å². The molecular formula is C30H34N6O. The maximum Gasteiger partial charge on any atom is 0.323 e. The Balaban J connectivity index is 1.24. The van der Waals surface area contributed by atoms with Crippen LogP contribution >= 0.6 is 0 Å². The highest BCUT2D eigenvalue weighted by Crippen LogP contribution is 2.30. The highest BCUT2D eigenvalue weighted by Gasteiger charge is 2.20. The lowest BCUT2D eigenvalue weighted by Gasteiger charge is -2.36. The minimum absolute atomic E-state index is 0.334. The van der Waals surface area contributed by atoms with Crippen molar-refractivity contribution in [3.05, 3.63) is 95.7 Å². The fourth-order valence-electron chi connectivity index (χ4n) is 5.15. The lowest BCUT2D eigenvalue weighted by atomic mass is 10.1. The van der Waals surface area contributed by atoms with Gasteiger partial charge in [0.25, 0.3) is 0 Å². The van der Waals surface area contributed by atoms with Gasteiger partial charge in [0.15, 0.2) is 0 Å². The Kier molecular flexibility index (Phi) is 7.35. The number of primary amides is 1. The Morgan fingerprint density at radius 2 is 1.73 bits per heavy atom. The van der Waals surface area contributed by atoms with Crippen molar-refractivity contribution in [2.45, 2.75) is 19.9 Å². The van der Waals surface area contributed by atoms with E-state index in [0.29, 0.717) is 6.54 Å². The summed E-state index contributed by atoms with van der Waals surface area (Å²) in [4.78, 5) is 23.6. The standard InChI is InChI=1S/C30H34N6O/c1-22-12-13-26-27(33-22)9-5-11-29(26)35-18-16-34(17-19-35)15-14-23-6-4-8-25(20-23)36(30(32)37)28-10-3-2-7-24(28)21-31/h2-13,20H,14-19,21,31H2,1H3,(H2,32,37). The van der Waals surface area contributed by atoms with Crippen LogP contribution in [-0.2, 0) is 13.0 Å². The number of fused-ring (bicyclic) bond motifs is 1. The number of rotatable bonds is 7. The molecule has 0 atom stereocenters. The Morgan fingerprint density at radius 1 is 0.946 bits per heavy atom. The van der Waals surface area contributed by atoms with E-state index < -0.39 is 6.03 Å². The second kappa shape index (κ2) is 11.0. The molecule has 0 aliphatic carbocycles. The summed E-state index contributed by atoms with van der Waals surface area (Å²) in [5.74, 6) is 0. The van der Waals surface area contributed by atoms with Crippen molar-refractivity contribution < 1.29 is 4.79 Å². The molecule has 7 nitrogen and oxygen atoms in total. The van der Waals surface area contributed by atoms with Crippen molar-refractivity contribution >= 4 is 34.0 Å². The zero-order chi connectivity index (χ0) is 25.8. The predicted molar refractivity (Wildman–Crippen MR) is 151 cm³/mol. The molecule has 37 heavy (non-hydrogen) atoms. The van der Waals surface area contributed by atoms with Gasteiger partial charge >= 0.3 is 6.03 Å². The molecule has 2 heterocycles. The summed E-state index contributed by atoms with van der Waals surface area (Å²) < 4.78 is 0. The number of para-hydroxylation sites is 1. The van der Waals surface area contributed by atoms with Crippen LogP contribution in [0.2, 0.25) is 0 Å². The monoisotopic (exact) mass is 494 g/mol. The number of amides is 2. The number of nitrogens with zero attached hydrogens (tertiary/aromatic N) is 4. The largest absolute Gasteiger partial charge is 0.368 e. The number of urea groups is 1. The number of nitrogens with two attached hydrogens (primary N) is 2. The molecule has 5 rings (SSSR count). The summed E-state index contributed by atoms with van der Waals surface area (Å²) in [6, 6.07) is 25.8. The smallest absolute Gasteiger partial charge is 0.323 e. The van der Waals surface area contributed by atoms with E-state index >= 15 is 0 Å². The maximum absolute atomic E-state index is 12.4. The van der Waals surface area contributed by atoms with E-state index in [0.717, 1.165) is 67.3 Å². The molecule has 7 heteroatoms. The van der Waals surface area contributed by atoms with Crippen molar-refractivity contribution in [1.82, 2.24) is 9.88 Å². The highest BCUT2D eigenvalue weighted by atomic mass is 16.2. The quantitative estimate of drug-likeness (QED) is 0.392. The lowest BCUT2D eigenvalue weighted by Crippen LogP contribution is -2.47. The molecule has 0 unspecified atom stereocenters. The second-order valence-corrected chi connectivity index (χ2v) is 9.55. The van der Waals surface area contributed by atoms with E-state index in [1.165, 1.54) is 16.6 Å². The molecule has 2 amide bonds. The number of anilines is 3. The van der Waals surface area contributed by atoms with Gasteiger partial charge in [0.2, 0.25) is 0 Å². The number of carbonyl (C=O) groups is 1. The highest BCUT2D eigenvalue weighted by molar-refractivity contribution is 5.99. The second-order valence-electron chi connectivity index (χ2n) is 9.55. The van der Waals surface area contributed by atoms with Crippen molar-refractivity contribution in [3.8, 4) is 0 Å². The number of hydrogen-bond acceptors (Lipinski definition) is 5. The first kappa shape index (κ1) is 24.7. The Labute approximate surface area is 218 Å². The molecule has 0 saturated carbocycles. The van der Waals surface area contributed by atoms with Crippen LogP contribution in [0.3, 0.4) is 0 Å². The average Bonchev–Trinajstić information content (AvgIpc) is 2.92. The molecule has 4 aromatic rings. The maximum atomic E-state index is 12.4. The van der Waals surface area contributed by atoms with E-state index in [1.54, 1.807) is 4.90 Å². The summed E-state index contributed by atoms with van der Waals surface area (Å²) in [6.07, 6.45) is 0.899. The molecule has 190 valence electrons. The fraction of sp³-hybridized carbons (Fsp3) is 0.267. The predicted octanol–water partition coefficient (Wildman–Crippen LogP) is 4.58. The van der Waals surface area contributed by atoms with Crippen LogP contribution in [0.25, 0.3) is 10.9 Å². The van der Waals surface area contributed by atoms with Gasteiger partial charge in [0, 0.05) is 56.0 Å². The zero-order valence-electron chi connectivity index (χ0n) is 21.3. The van der Waals surface area contributed by atoms with Crippen molar-refractivity contribution in [1.29, 1.82) is 0 Å². The van der Waals surface area contributed by atoms with Crippen molar-refractivity contribution in [3.63, 3.8) is 0 Å². The van der Waals surface area contributed by atoms with Gasteiger partial charge in [0.05, 0.1) is 16.9 Å². The van der Waals surface area contributed by atoms with Gasteiger partial charge in [-0.05, 0) is 66.9 Å². The molecular weight excluding hydrogens is 460 g/mol. The number of aromatic nitrogens is 1. The molecule has 0 bridgehead atoms. The number of hydrogen-bond donors (Lipinski definition) is 2. The number of piperazine rings is 1. The molecule has 1 fully saturated rings. The third-order valence-electron chi connectivity index (χ3n) is 7.12. The van der Waals surface area contributed by atoms with E-state index in [9.17, 15) is 4.79 Å². The normalized spacial score (nSPS) is 14.2. The first-order valence-corrected chi connectivity index (χ1v) is 12.8. The average molecular weight is 495 g/mol. The minimum atomic E-state index is -0.520. The third-order valence-corrected chi connectivity index (χ3v) is 7.12. The SMILES string of the molecule is Cc1ccc2c(N3CCN(CCc4cccc(N(C(N)=O)c5ccccc5CN)c4)CC3)cccc2n1. The Morgan fingerprint density at radius 3 is 2.51 bits per heavy atom. The molecule has 1 aliphatic rings. The first-order valence-electron chi connectivity index (χ1n) is 12.8. The van der Waals surface area contributed by atoms with Crippen molar-refractivity contribution in [2.24, 2.45) is 11.5 Å². The zero-order valence-corrected chi connectivity index (χ0v) is 21.3. The van der Waals surface area contributed by atoms with Gasteiger partial charge in [0.1, 0.15) is 0 Å². The molecule has 1 saturated heterocycles. The van der Waals surface area contributed by atoms with E-state index in [4.69, 9.17) is 16.5 Å². The Bertz CT molecular complexity index is 1400. The number of carbonyl (C=O) groups excluding carboxylic acids is 1. The number of aryl methyl sites for hydroxylation is 1. The van der Waals surface area contributed by atoms with Crippen LogP contribution in [-0.4, -0.2) is 48.6 Å². The van der Waals surface area contributed by atoms with E-state index in [-0.39, 0.29) is 0 Å². The summed E-state index contributed by atoms with van der Waals surface area (Å²) >= 11 is 0. The topological polar surface area (TPSA) is 91.7 Å². The van der Waals surface area contributed by atoms with Crippen LogP contribution in [0.15, 0.2) is 78.9 Å². The Hall–Kier alpha value is -3.94. The number of pyridine rings is 1. The van der Waals surface area contributed by atoms with Gasteiger partial charge in [-0.15, -0.1) is 0 Å². The molecule has 3 aromatic carbocycles.